The number of hydrogen-bond donors (Lipinski definition) is 3. The standard InChI is InChI=1S/C11H15N3O5S/c12-8-5-10-9(18-6-19-10)4-7(8)11(15)14-2-1-3-20(13,16)17/h4-5H,1-3,6,12H2,(H,14,15)(H2,13,16,17). The summed E-state index contributed by atoms with van der Waals surface area (Å²) in [5, 5.41) is 7.43. The molecule has 0 unspecified atom stereocenters. The van der Waals surface area contributed by atoms with Crippen molar-refractivity contribution in [2.24, 2.45) is 5.14 Å². The van der Waals surface area contributed by atoms with Gasteiger partial charge in [0, 0.05) is 18.3 Å². The zero-order chi connectivity index (χ0) is 14.8. The Kier molecular flexibility index (Phi) is 4.00. The maximum absolute atomic E-state index is 11.9. The third-order valence-corrected chi connectivity index (χ3v) is 3.54. The van der Waals surface area contributed by atoms with E-state index in [-0.39, 0.29) is 36.8 Å². The highest BCUT2D eigenvalue weighted by Crippen LogP contribution is 2.35. The number of carbonyl (C=O) groups is 1. The quantitative estimate of drug-likeness (QED) is 0.491. The monoisotopic (exact) mass is 301 g/mol. The molecule has 0 atom stereocenters. The minimum absolute atomic E-state index is 0.0915. The van der Waals surface area contributed by atoms with Gasteiger partial charge in [-0.15, -0.1) is 0 Å². The second-order valence-electron chi connectivity index (χ2n) is 4.27. The van der Waals surface area contributed by atoms with Gasteiger partial charge >= 0.3 is 0 Å². The van der Waals surface area contributed by atoms with Crippen LogP contribution in [0.5, 0.6) is 11.5 Å². The van der Waals surface area contributed by atoms with Crippen molar-refractivity contribution in [3.63, 3.8) is 0 Å². The number of fused-ring (bicyclic) bond motifs is 1. The minimum Gasteiger partial charge on any atom is -0.454 e. The molecule has 1 aliphatic heterocycles. The highest BCUT2D eigenvalue weighted by molar-refractivity contribution is 7.89. The Morgan fingerprint density at radius 2 is 1.95 bits per heavy atom. The van der Waals surface area contributed by atoms with Crippen LogP contribution in [0.4, 0.5) is 5.69 Å². The van der Waals surface area contributed by atoms with E-state index < -0.39 is 15.9 Å². The summed E-state index contributed by atoms with van der Waals surface area (Å²) < 4.78 is 31.8. The SMILES string of the molecule is Nc1cc2c(cc1C(=O)NCCCS(N)(=O)=O)OCO2. The summed E-state index contributed by atoms with van der Waals surface area (Å²) in [7, 11) is -3.52. The Bertz CT molecular complexity index is 629. The van der Waals surface area contributed by atoms with E-state index in [0.717, 1.165) is 0 Å². The number of hydrogen-bond acceptors (Lipinski definition) is 6. The van der Waals surface area contributed by atoms with Gasteiger partial charge in [0.2, 0.25) is 16.8 Å². The first kappa shape index (κ1) is 14.4. The zero-order valence-electron chi connectivity index (χ0n) is 10.6. The highest BCUT2D eigenvalue weighted by atomic mass is 32.2. The number of nitrogens with one attached hydrogen (secondary N) is 1. The van der Waals surface area contributed by atoms with Crippen molar-refractivity contribution in [2.75, 3.05) is 24.8 Å². The van der Waals surface area contributed by atoms with Crippen LogP contribution in [-0.4, -0.2) is 33.4 Å². The molecule has 0 fully saturated rings. The van der Waals surface area contributed by atoms with Crippen LogP contribution < -0.4 is 25.7 Å². The summed E-state index contributed by atoms with van der Waals surface area (Å²) in [6, 6.07) is 3.01. The van der Waals surface area contributed by atoms with E-state index in [1.54, 1.807) is 0 Å². The molecule has 5 N–H and O–H groups in total. The fraction of sp³-hybridized carbons (Fsp3) is 0.364. The molecule has 1 aromatic rings. The lowest BCUT2D eigenvalue weighted by atomic mass is 10.1. The average molecular weight is 301 g/mol. The van der Waals surface area contributed by atoms with Gasteiger partial charge < -0.3 is 20.5 Å². The lowest BCUT2D eigenvalue weighted by Gasteiger charge is -2.08. The first-order valence-electron chi connectivity index (χ1n) is 5.84. The predicted octanol–water partition coefficient (Wildman–Crippen LogP) is -0.594. The van der Waals surface area contributed by atoms with E-state index >= 15 is 0 Å². The Morgan fingerprint density at radius 3 is 2.60 bits per heavy atom. The van der Waals surface area contributed by atoms with E-state index in [1.165, 1.54) is 12.1 Å². The summed E-state index contributed by atoms with van der Waals surface area (Å²) in [4.78, 5) is 11.9. The molecule has 0 bridgehead atoms. The maximum atomic E-state index is 11.9. The lowest BCUT2D eigenvalue weighted by molar-refractivity contribution is 0.0954. The van der Waals surface area contributed by atoms with Crippen molar-refractivity contribution in [1.82, 2.24) is 5.32 Å². The lowest BCUT2D eigenvalue weighted by Crippen LogP contribution is -2.27. The number of ether oxygens (including phenoxy) is 2. The molecule has 20 heavy (non-hydrogen) atoms. The van der Waals surface area contributed by atoms with Gasteiger partial charge in [-0.05, 0) is 12.5 Å². The molecule has 8 nitrogen and oxygen atoms in total. The highest BCUT2D eigenvalue weighted by Gasteiger charge is 2.19. The van der Waals surface area contributed by atoms with Crippen molar-refractivity contribution in [1.29, 1.82) is 0 Å². The molecule has 1 aliphatic rings. The maximum Gasteiger partial charge on any atom is 0.253 e. The number of nitrogens with two attached hydrogens (primary N) is 2. The van der Waals surface area contributed by atoms with Gasteiger partial charge in [-0.2, -0.15) is 0 Å². The normalized spacial score (nSPS) is 13.2. The summed E-state index contributed by atoms with van der Waals surface area (Å²) in [6.45, 7) is 0.275. The van der Waals surface area contributed by atoms with E-state index in [2.05, 4.69) is 5.32 Å². The molecule has 1 heterocycles. The van der Waals surface area contributed by atoms with E-state index in [0.29, 0.717) is 11.5 Å². The first-order valence-corrected chi connectivity index (χ1v) is 7.56. The molecular formula is C11H15N3O5S. The summed E-state index contributed by atoms with van der Waals surface area (Å²) in [5.41, 5.74) is 6.27. The number of rotatable bonds is 5. The Hall–Kier alpha value is -2.00. The third kappa shape index (κ3) is 3.52. The Labute approximate surface area is 116 Å². The topological polar surface area (TPSA) is 134 Å². The fourth-order valence-corrected chi connectivity index (χ4v) is 2.27. The Morgan fingerprint density at radius 1 is 1.30 bits per heavy atom. The van der Waals surface area contributed by atoms with Gasteiger partial charge in [0.15, 0.2) is 11.5 Å². The predicted molar refractivity (Wildman–Crippen MR) is 71.9 cm³/mol. The number of anilines is 1. The molecule has 1 aromatic carbocycles. The number of amides is 1. The molecule has 2 rings (SSSR count). The molecule has 0 radical (unpaired) electrons. The van der Waals surface area contributed by atoms with Crippen molar-refractivity contribution in [3.05, 3.63) is 17.7 Å². The molecule has 110 valence electrons. The fourth-order valence-electron chi connectivity index (χ4n) is 1.72. The van der Waals surface area contributed by atoms with Crippen LogP contribution in [0.25, 0.3) is 0 Å². The van der Waals surface area contributed by atoms with Crippen LogP contribution in [0.1, 0.15) is 16.8 Å². The second kappa shape index (κ2) is 5.55. The van der Waals surface area contributed by atoms with Gasteiger partial charge in [-0.1, -0.05) is 0 Å². The van der Waals surface area contributed by atoms with Gasteiger partial charge in [-0.3, -0.25) is 4.79 Å². The van der Waals surface area contributed by atoms with Gasteiger partial charge in [-0.25, -0.2) is 13.6 Å². The molecule has 0 aliphatic carbocycles. The van der Waals surface area contributed by atoms with Crippen molar-refractivity contribution in [2.45, 2.75) is 6.42 Å². The van der Waals surface area contributed by atoms with Gasteiger partial charge in [0.05, 0.1) is 11.3 Å². The smallest absolute Gasteiger partial charge is 0.253 e. The zero-order valence-corrected chi connectivity index (χ0v) is 11.4. The molecule has 0 saturated heterocycles. The van der Waals surface area contributed by atoms with Crippen molar-refractivity contribution in [3.8, 4) is 11.5 Å². The second-order valence-corrected chi connectivity index (χ2v) is 6.00. The number of sulfonamides is 1. The minimum atomic E-state index is -3.52. The molecule has 0 saturated carbocycles. The van der Waals surface area contributed by atoms with Gasteiger partial charge in [0.1, 0.15) is 0 Å². The van der Waals surface area contributed by atoms with Crippen molar-refractivity contribution < 1.29 is 22.7 Å². The van der Waals surface area contributed by atoms with Crippen LogP contribution >= 0.6 is 0 Å². The van der Waals surface area contributed by atoms with Crippen LogP contribution in [0, 0.1) is 0 Å². The van der Waals surface area contributed by atoms with Gasteiger partial charge in [0.25, 0.3) is 5.91 Å². The van der Waals surface area contributed by atoms with Crippen LogP contribution in [-0.2, 0) is 10.0 Å². The number of benzene rings is 1. The Balaban J connectivity index is 1.96. The number of carbonyl (C=O) groups excluding carboxylic acids is 1. The van der Waals surface area contributed by atoms with E-state index in [9.17, 15) is 13.2 Å². The molecule has 9 heteroatoms. The summed E-state index contributed by atoms with van der Waals surface area (Å²) >= 11 is 0. The largest absolute Gasteiger partial charge is 0.454 e. The number of primary sulfonamides is 1. The summed E-state index contributed by atoms with van der Waals surface area (Å²) in [5.74, 6) is 0.349. The summed E-state index contributed by atoms with van der Waals surface area (Å²) in [6.07, 6.45) is 0.231. The molecule has 0 spiro atoms. The van der Waals surface area contributed by atoms with E-state index in [1.807, 2.05) is 0 Å². The van der Waals surface area contributed by atoms with Crippen LogP contribution in [0.3, 0.4) is 0 Å². The average Bonchev–Trinajstić information content (AvgIpc) is 2.79. The van der Waals surface area contributed by atoms with Crippen molar-refractivity contribution >= 4 is 21.6 Å². The molecular weight excluding hydrogens is 286 g/mol. The number of nitrogen functional groups attached to an aromatic ring is 1. The van der Waals surface area contributed by atoms with Crippen LogP contribution in [0.2, 0.25) is 0 Å². The first-order chi connectivity index (χ1) is 9.37. The molecule has 0 aromatic heterocycles. The third-order valence-electron chi connectivity index (χ3n) is 2.68. The van der Waals surface area contributed by atoms with Crippen LogP contribution in [0.15, 0.2) is 12.1 Å². The molecule has 1 amide bonds. The van der Waals surface area contributed by atoms with E-state index in [4.69, 9.17) is 20.3 Å².